The van der Waals surface area contributed by atoms with Gasteiger partial charge in [-0.1, -0.05) is 115 Å². The summed E-state index contributed by atoms with van der Waals surface area (Å²) in [5.74, 6) is 3.64. The fourth-order valence-electron chi connectivity index (χ4n) is 9.35. The van der Waals surface area contributed by atoms with Crippen LogP contribution in [0.25, 0.3) is 98.4 Å². The molecular weight excluding hydrogens is 633 g/mol. The zero-order valence-electron chi connectivity index (χ0n) is 28.7. The van der Waals surface area contributed by atoms with E-state index < -0.39 is 0 Å². The van der Waals surface area contributed by atoms with Gasteiger partial charge in [-0.3, -0.25) is 0 Å². The smallest absolute Gasteiger partial charge is 0.135 e. The van der Waals surface area contributed by atoms with Crippen molar-refractivity contribution in [3.8, 4) is 67.5 Å². The second-order valence-electron chi connectivity index (χ2n) is 14.5. The van der Waals surface area contributed by atoms with E-state index in [1.807, 2.05) is 6.07 Å². The van der Waals surface area contributed by atoms with E-state index in [9.17, 15) is 0 Å². The molecule has 0 bridgehead atoms. The molecule has 0 unspecified atom stereocenters. The van der Waals surface area contributed by atoms with Crippen molar-refractivity contribution in [1.82, 2.24) is 0 Å². The highest BCUT2D eigenvalue weighted by molar-refractivity contribution is 6.29. The topological polar surface area (TPSA) is 18.5 Å². The molecule has 0 spiro atoms. The zero-order chi connectivity index (χ0) is 34.2. The molecule has 0 aliphatic carbocycles. The van der Waals surface area contributed by atoms with Gasteiger partial charge >= 0.3 is 0 Å². The normalized spacial score (nSPS) is 12.7. The van der Waals surface area contributed by atoms with Crippen LogP contribution in [-0.2, 0) is 0 Å². The minimum atomic E-state index is 0.902. The molecule has 242 valence electrons. The SMILES string of the molecule is Cc1cc(-c2ccc3c(c2)Oc2cccc4cccc-3c24)c2ccc3c(C)cc(-c4ccc5c6c(cccc46)Oc4ccccc4-5)c4ccc1c2c34. The van der Waals surface area contributed by atoms with Crippen LogP contribution in [0.5, 0.6) is 23.0 Å². The minimum Gasteiger partial charge on any atom is -0.456 e. The fourth-order valence-corrected chi connectivity index (χ4v) is 9.35. The van der Waals surface area contributed by atoms with Crippen LogP contribution in [0, 0.1) is 13.8 Å². The summed E-state index contributed by atoms with van der Waals surface area (Å²) in [6, 6.07) is 53.1. The van der Waals surface area contributed by atoms with Crippen molar-refractivity contribution < 1.29 is 9.47 Å². The first-order valence-electron chi connectivity index (χ1n) is 18.0. The van der Waals surface area contributed by atoms with Gasteiger partial charge in [0.25, 0.3) is 0 Å². The maximum Gasteiger partial charge on any atom is 0.135 e. The molecule has 0 saturated heterocycles. The van der Waals surface area contributed by atoms with Crippen LogP contribution in [-0.4, -0.2) is 0 Å². The molecule has 0 fully saturated rings. The number of hydrogen-bond acceptors (Lipinski definition) is 2. The zero-order valence-corrected chi connectivity index (χ0v) is 28.7. The summed E-state index contributed by atoms with van der Waals surface area (Å²) >= 11 is 0. The molecule has 0 atom stereocenters. The van der Waals surface area contributed by atoms with Gasteiger partial charge in [0.15, 0.2) is 0 Å². The average Bonchev–Trinajstić information content (AvgIpc) is 3.18. The monoisotopic (exact) mass is 662 g/mol. The van der Waals surface area contributed by atoms with E-state index in [1.54, 1.807) is 0 Å². The quantitative estimate of drug-likeness (QED) is 0.172. The predicted molar refractivity (Wildman–Crippen MR) is 217 cm³/mol. The highest BCUT2D eigenvalue weighted by Crippen LogP contribution is 2.52. The predicted octanol–water partition coefficient (Wildman–Crippen LogP) is 14.4. The molecule has 2 heterocycles. The first kappa shape index (κ1) is 28.1. The van der Waals surface area contributed by atoms with Gasteiger partial charge in [-0.15, -0.1) is 0 Å². The van der Waals surface area contributed by atoms with E-state index in [1.165, 1.54) is 92.8 Å². The lowest BCUT2D eigenvalue weighted by Gasteiger charge is -2.24. The highest BCUT2D eigenvalue weighted by Gasteiger charge is 2.25. The summed E-state index contributed by atoms with van der Waals surface area (Å²) < 4.78 is 13.1. The van der Waals surface area contributed by atoms with Crippen LogP contribution in [0.1, 0.15) is 11.1 Å². The maximum absolute atomic E-state index is 6.62. The Kier molecular flexibility index (Phi) is 5.40. The summed E-state index contributed by atoms with van der Waals surface area (Å²) in [6.45, 7) is 4.51. The number of aryl methyl sites for hydroxylation is 2. The second-order valence-corrected chi connectivity index (χ2v) is 14.5. The second kappa shape index (κ2) is 9.99. The minimum absolute atomic E-state index is 0.902. The van der Waals surface area contributed by atoms with Crippen molar-refractivity contribution in [3.63, 3.8) is 0 Å². The Bertz CT molecular complexity index is 3200. The Morgan fingerprint density at radius 1 is 0.308 bits per heavy atom. The van der Waals surface area contributed by atoms with Crippen LogP contribution >= 0.6 is 0 Å². The number of benzene rings is 10. The van der Waals surface area contributed by atoms with Crippen molar-refractivity contribution >= 4 is 53.9 Å². The first-order valence-corrected chi connectivity index (χ1v) is 18.0. The van der Waals surface area contributed by atoms with Crippen LogP contribution < -0.4 is 9.47 Å². The van der Waals surface area contributed by atoms with Gasteiger partial charge in [-0.2, -0.15) is 0 Å². The number of rotatable bonds is 2. The van der Waals surface area contributed by atoms with Gasteiger partial charge in [0.05, 0.1) is 0 Å². The third-order valence-corrected chi connectivity index (χ3v) is 11.7. The van der Waals surface area contributed by atoms with Crippen LogP contribution in [0.4, 0.5) is 0 Å². The molecule has 0 aromatic heterocycles. The molecule has 2 nitrogen and oxygen atoms in total. The summed E-state index contributed by atoms with van der Waals surface area (Å²) in [5, 5.41) is 12.5. The van der Waals surface area contributed by atoms with E-state index in [0.717, 1.165) is 39.7 Å². The molecule has 12 rings (SSSR count). The third-order valence-electron chi connectivity index (χ3n) is 11.7. The van der Waals surface area contributed by atoms with E-state index in [-0.39, 0.29) is 0 Å². The van der Waals surface area contributed by atoms with Crippen molar-refractivity contribution in [2.24, 2.45) is 0 Å². The summed E-state index contributed by atoms with van der Waals surface area (Å²) in [5.41, 5.74) is 12.1. The molecule has 0 saturated carbocycles. The van der Waals surface area contributed by atoms with Crippen LogP contribution in [0.3, 0.4) is 0 Å². The Morgan fingerprint density at radius 3 is 1.67 bits per heavy atom. The third kappa shape index (κ3) is 3.63. The molecule has 2 aliphatic heterocycles. The van der Waals surface area contributed by atoms with Crippen LogP contribution in [0.2, 0.25) is 0 Å². The van der Waals surface area contributed by atoms with Crippen molar-refractivity contribution in [3.05, 3.63) is 157 Å². The molecule has 10 aromatic carbocycles. The van der Waals surface area contributed by atoms with Gasteiger partial charge in [0, 0.05) is 21.9 Å². The summed E-state index contributed by atoms with van der Waals surface area (Å²) in [7, 11) is 0. The largest absolute Gasteiger partial charge is 0.456 e. The van der Waals surface area contributed by atoms with E-state index in [0.29, 0.717) is 0 Å². The number of fused-ring (bicyclic) bond motifs is 4. The van der Waals surface area contributed by atoms with Crippen LogP contribution in [0.15, 0.2) is 146 Å². The highest BCUT2D eigenvalue weighted by atomic mass is 16.5. The molecule has 2 aliphatic rings. The number of ether oxygens (including phenoxy) is 2. The van der Waals surface area contributed by atoms with E-state index in [4.69, 9.17) is 9.47 Å². The summed E-state index contributed by atoms with van der Waals surface area (Å²) in [6.07, 6.45) is 0. The molecule has 2 heteroatoms. The van der Waals surface area contributed by atoms with E-state index in [2.05, 4.69) is 153 Å². The lowest BCUT2D eigenvalue weighted by molar-refractivity contribution is 0.487. The molecule has 52 heavy (non-hydrogen) atoms. The molecular formula is C50H30O2. The van der Waals surface area contributed by atoms with Gasteiger partial charge < -0.3 is 9.47 Å². The molecule has 10 aromatic rings. The number of para-hydroxylation sites is 1. The Labute approximate surface area is 300 Å². The lowest BCUT2D eigenvalue weighted by atomic mass is 9.82. The Hall–Kier alpha value is -6.64. The van der Waals surface area contributed by atoms with Gasteiger partial charge in [0.2, 0.25) is 0 Å². The average molecular weight is 663 g/mol. The van der Waals surface area contributed by atoms with Gasteiger partial charge in [-0.05, 0) is 132 Å². The fraction of sp³-hybridized carbons (Fsp3) is 0.0400. The Morgan fingerprint density at radius 2 is 0.846 bits per heavy atom. The van der Waals surface area contributed by atoms with E-state index >= 15 is 0 Å². The van der Waals surface area contributed by atoms with Crippen molar-refractivity contribution in [1.29, 1.82) is 0 Å². The molecule has 0 radical (unpaired) electrons. The van der Waals surface area contributed by atoms with Crippen molar-refractivity contribution in [2.45, 2.75) is 13.8 Å². The Balaban J connectivity index is 1.10. The molecule has 0 N–H and O–H groups in total. The number of hydrogen-bond donors (Lipinski definition) is 0. The van der Waals surface area contributed by atoms with Gasteiger partial charge in [-0.25, -0.2) is 0 Å². The summed E-state index contributed by atoms with van der Waals surface area (Å²) in [4.78, 5) is 0. The standard InChI is InChI=1S/C50H30O2/c1-27-24-41(30-16-17-35-37-11-5-8-29-9-6-14-44(47(29)37)52-46(35)26-30)39-21-18-32-28(2)25-42(40-22-19-31(27)49(39)50(32)40)33-20-23-38-34-10-3-4-13-43(34)51-45-15-7-12-36(33)48(38)45/h3-26H,1-2H3. The first-order chi connectivity index (χ1) is 25.6. The lowest BCUT2D eigenvalue weighted by Crippen LogP contribution is -1.98. The maximum atomic E-state index is 6.62. The molecule has 0 amide bonds. The van der Waals surface area contributed by atoms with Crippen molar-refractivity contribution in [2.75, 3.05) is 0 Å². The van der Waals surface area contributed by atoms with Gasteiger partial charge in [0.1, 0.15) is 23.0 Å².